The second kappa shape index (κ2) is 5.92. The van der Waals surface area contributed by atoms with Crippen LogP contribution in [-0.2, 0) is 6.42 Å². The van der Waals surface area contributed by atoms with Gasteiger partial charge in [0.25, 0.3) is 5.56 Å². The summed E-state index contributed by atoms with van der Waals surface area (Å²) in [6.07, 6.45) is 0.569. The van der Waals surface area contributed by atoms with Crippen LogP contribution in [0.3, 0.4) is 0 Å². The summed E-state index contributed by atoms with van der Waals surface area (Å²) in [6.45, 7) is 1.76. The zero-order valence-corrected chi connectivity index (χ0v) is 12.4. The van der Waals surface area contributed by atoms with E-state index in [1.807, 2.05) is 18.2 Å². The van der Waals surface area contributed by atoms with Gasteiger partial charge in [0.15, 0.2) is 16.3 Å². The number of aromatic nitrogens is 2. The Morgan fingerprint density at radius 2 is 1.85 bits per heavy atom. The fourth-order valence-electron chi connectivity index (χ4n) is 1.97. The van der Waals surface area contributed by atoms with Gasteiger partial charge in [-0.2, -0.15) is 0 Å². The highest BCUT2D eigenvalue weighted by Crippen LogP contribution is 2.28. The molecule has 0 atom stereocenters. The monoisotopic (exact) mass is 292 g/mol. The van der Waals surface area contributed by atoms with E-state index in [-0.39, 0.29) is 5.56 Å². The lowest BCUT2D eigenvalue weighted by Gasteiger charge is -2.10. The summed E-state index contributed by atoms with van der Waals surface area (Å²) in [5.74, 6) is 1.33. The van der Waals surface area contributed by atoms with E-state index in [9.17, 15) is 4.79 Å². The maximum Gasteiger partial charge on any atom is 0.254 e. The van der Waals surface area contributed by atoms with E-state index in [4.69, 9.17) is 21.7 Å². The number of benzene rings is 1. The topological polar surface area (TPSA) is 67.1 Å². The fourth-order valence-corrected chi connectivity index (χ4v) is 2.18. The van der Waals surface area contributed by atoms with Crippen molar-refractivity contribution in [3.05, 3.63) is 50.1 Å². The van der Waals surface area contributed by atoms with Gasteiger partial charge in [-0.1, -0.05) is 6.07 Å². The molecule has 1 heterocycles. The number of nitrogens with one attached hydrogen (secondary N) is 2. The van der Waals surface area contributed by atoms with Gasteiger partial charge in [-0.3, -0.25) is 9.78 Å². The highest BCUT2D eigenvalue weighted by molar-refractivity contribution is 7.71. The van der Waals surface area contributed by atoms with Crippen LogP contribution in [0.4, 0.5) is 0 Å². The van der Waals surface area contributed by atoms with Crippen molar-refractivity contribution in [3.63, 3.8) is 0 Å². The lowest BCUT2D eigenvalue weighted by atomic mass is 10.1. The Bertz CT molecular complexity index is 734. The van der Waals surface area contributed by atoms with Crippen LogP contribution in [-0.4, -0.2) is 24.2 Å². The summed E-state index contributed by atoms with van der Waals surface area (Å²) in [5.41, 5.74) is 2.27. The van der Waals surface area contributed by atoms with E-state index in [0.717, 1.165) is 11.3 Å². The number of methoxy groups -OCH3 is 2. The molecule has 0 aliphatic heterocycles. The molecular weight excluding hydrogens is 276 g/mol. The van der Waals surface area contributed by atoms with Crippen molar-refractivity contribution in [2.45, 2.75) is 13.3 Å². The average Bonchev–Trinajstić information content (AvgIpc) is 2.44. The summed E-state index contributed by atoms with van der Waals surface area (Å²) in [6, 6.07) is 5.65. The van der Waals surface area contributed by atoms with Crippen LogP contribution in [0, 0.1) is 11.7 Å². The van der Waals surface area contributed by atoms with Crippen molar-refractivity contribution in [1.29, 1.82) is 0 Å². The van der Waals surface area contributed by atoms with Gasteiger partial charge in [-0.25, -0.2) is 0 Å². The Morgan fingerprint density at radius 3 is 2.50 bits per heavy atom. The minimum atomic E-state index is -0.163. The summed E-state index contributed by atoms with van der Waals surface area (Å²) >= 11 is 5.00. The third-order valence-corrected chi connectivity index (χ3v) is 3.32. The molecule has 6 heteroatoms. The zero-order valence-electron chi connectivity index (χ0n) is 11.6. The molecular formula is C14H16N2O3S. The average molecular weight is 292 g/mol. The Balaban J connectivity index is 2.40. The molecule has 2 rings (SSSR count). The highest BCUT2D eigenvalue weighted by Gasteiger charge is 2.08. The molecule has 0 bridgehead atoms. The minimum absolute atomic E-state index is 0.163. The lowest BCUT2D eigenvalue weighted by molar-refractivity contribution is 0.354. The molecule has 0 amide bonds. The smallest absolute Gasteiger partial charge is 0.254 e. The number of H-pyrrole nitrogens is 2. The summed E-state index contributed by atoms with van der Waals surface area (Å²) in [4.78, 5) is 17.3. The van der Waals surface area contributed by atoms with Crippen molar-refractivity contribution in [2.24, 2.45) is 0 Å². The molecule has 0 fully saturated rings. The first-order valence-electron chi connectivity index (χ1n) is 6.08. The lowest BCUT2D eigenvalue weighted by Crippen LogP contribution is -2.15. The molecule has 0 spiro atoms. The largest absolute Gasteiger partial charge is 0.493 e. The van der Waals surface area contributed by atoms with Crippen LogP contribution in [0.2, 0.25) is 0 Å². The molecule has 2 N–H and O–H groups in total. The zero-order chi connectivity index (χ0) is 14.7. The second-order valence-electron chi connectivity index (χ2n) is 4.38. The van der Waals surface area contributed by atoms with Gasteiger partial charge in [-0.15, -0.1) is 0 Å². The van der Waals surface area contributed by atoms with Crippen LogP contribution in [0.15, 0.2) is 23.0 Å². The number of ether oxygens (including phenoxy) is 2. The molecule has 0 saturated carbocycles. The van der Waals surface area contributed by atoms with E-state index in [0.29, 0.717) is 28.3 Å². The van der Waals surface area contributed by atoms with Crippen LogP contribution in [0.25, 0.3) is 0 Å². The minimum Gasteiger partial charge on any atom is -0.493 e. The first-order chi connectivity index (χ1) is 9.55. The van der Waals surface area contributed by atoms with E-state index >= 15 is 0 Å². The van der Waals surface area contributed by atoms with Gasteiger partial charge < -0.3 is 14.5 Å². The molecule has 2 aromatic rings. The van der Waals surface area contributed by atoms with Crippen LogP contribution in [0.1, 0.15) is 16.8 Å². The van der Waals surface area contributed by atoms with Crippen molar-refractivity contribution in [3.8, 4) is 11.5 Å². The van der Waals surface area contributed by atoms with E-state index in [2.05, 4.69) is 9.97 Å². The van der Waals surface area contributed by atoms with Crippen molar-refractivity contribution >= 4 is 12.2 Å². The SMILES string of the molecule is COc1ccc(Cc2[nH]c(=S)[nH]c(=O)c2C)cc1OC. The molecule has 1 aromatic carbocycles. The first kappa shape index (κ1) is 14.3. The molecule has 106 valence electrons. The van der Waals surface area contributed by atoms with E-state index < -0.39 is 0 Å². The van der Waals surface area contributed by atoms with Crippen molar-refractivity contribution in [2.75, 3.05) is 14.2 Å². The van der Waals surface area contributed by atoms with Crippen LogP contribution >= 0.6 is 12.2 Å². The molecule has 20 heavy (non-hydrogen) atoms. The summed E-state index contributed by atoms with van der Waals surface area (Å²) in [7, 11) is 3.18. The van der Waals surface area contributed by atoms with Gasteiger partial charge >= 0.3 is 0 Å². The van der Waals surface area contributed by atoms with Crippen LogP contribution in [0.5, 0.6) is 11.5 Å². The van der Waals surface area contributed by atoms with Gasteiger partial charge in [0.1, 0.15) is 0 Å². The number of aromatic amines is 2. The fraction of sp³-hybridized carbons (Fsp3) is 0.286. The Morgan fingerprint density at radius 1 is 1.15 bits per heavy atom. The predicted octanol–water partition coefficient (Wildman–Crippen LogP) is 2.35. The molecule has 0 aliphatic rings. The molecule has 0 aliphatic carbocycles. The van der Waals surface area contributed by atoms with Crippen molar-refractivity contribution in [1.82, 2.24) is 9.97 Å². The van der Waals surface area contributed by atoms with Gasteiger partial charge in [0.05, 0.1) is 14.2 Å². The summed E-state index contributed by atoms with van der Waals surface area (Å²) < 4.78 is 10.8. The molecule has 0 unspecified atom stereocenters. The van der Waals surface area contributed by atoms with E-state index in [1.165, 1.54) is 0 Å². The molecule has 0 saturated heterocycles. The normalized spacial score (nSPS) is 10.3. The van der Waals surface area contributed by atoms with Crippen molar-refractivity contribution < 1.29 is 9.47 Å². The predicted molar refractivity (Wildman–Crippen MR) is 79.3 cm³/mol. The number of hydrogen-bond donors (Lipinski definition) is 2. The first-order valence-corrected chi connectivity index (χ1v) is 6.49. The van der Waals surface area contributed by atoms with E-state index in [1.54, 1.807) is 21.1 Å². The molecule has 5 nitrogen and oxygen atoms in total. The standard InChI is InChI=1S/C14H16N2O3S/c1-8-10(15-14(20)16-13(8)17)6-9-4-5-11(18-2)12(7-9)19-3/h4-5,7H,6H2,1-3H3,(H2,15,16,17,20). The number of rotatable bonds is 4. The maximum absolute atomic E-state index is 11.7. The number of hydrogen-bond acceptors (Lipinski definition) is 4. The molecule has 0 radical (unpaired) electrons. The second-order valence-corrected chi connectivity index (χ2v) is 4.79. The summed E-state index contributed by atoms with van der Waals surface area (Å²) in [5, 5.41) is 0. The van der Waals surface area contributed by atoms with Gasteiger partial charge in [0.2, 0.25) is 0 Å². The Labute approximate surface area is 121 Å². The van der Waals surface area contributed by atoms with Gasteiger partial charge in [-0.05, 0) is 36.8 Å². The third kappa shape index (κ3) is 2.91. The quantitative estimate of drug-likeness (QED) is 0.849. The van der Waals surface area contributed by atoms with Crippen LogP contribution < -0.4 is 15.0 Å². The molecule has 1 aromatic heterocycles. The highest BCUT2D eigenvalue weighted by atomic mass is 32.1. The third-order valence-electron chi connectivity index (χ3n) is 3.11. The Hall–Kier alpha value is -2.08. The maximum atomic E-state index is 11.7. The van der Waals surface area contributed by atoms with Gasteiger partial charge in [0, 0.05) is 17.7 Å². The Kier molecular flexibility index (Phi) is 4.24.